The maximum absolute atomic E-state index is 13.3. The molecule has 1 aromatic carbocycles. The van der Waals surface area contributed by atoms with Gasteiger partial charge < -0.3 is 20.7 Å². The number of hydrogen-bond donors (Lipinski definition) is 3. The van der Waals surface area contributed by atoms with Crippen molar-refractivity contribution in [3.05, 3.63) is 83.8 Å². The van der Waals surface area contributed by atoms with Crippen LogP contribution in [-0.2, 0) is 13.6 Å². The Morgan fingerprint density at radius 2 is 2.09 bits per heavy atom. The normalized spacial score (nSPS) is 10.8. The van der Waals surface area contributed by atoms with E-state index in [2.05, 4.69) is 39.2 Å². The first-order valence-corrected chi connectivity index (χ1v) is 10.2. The number of anilines is 4. The van der Waals surface area contributed by atoms with Crippen molar-refractivity contribution in [3.8, 4) is 5.88 Å². The van der Waals surface area contributed by atoms with Crippen LogP contribution in [0.3, 0.4) is 0 Å². The Hall–Kier alpha value is -4.47. The number of hydrogen-bond acceptors (Lipinski definition) is 7. The highest BCUT2D eigenvalue weighted by atomic mass is 16.5. The average molecular weight is 447 g/mol. The van der Waals surface area contributed by atoms with Crippen molar-refractivity contribution in [3.63, 3.8) is 0 Å². The van der Waals surface area contributed by atoms with Crippen molar-refractivity contribution in [2.75, 3.05) is 30.1 Å². The number of aromatic nitrogens is 5. The summed E-state index contributed by atoms with van der Waals surface area (Å²) < 4.78 is 10.2. The fourth-order valence-corrected chi connectivity index (χ4v) is 3.54. The van der Waals surface area contributed by atoms with Gasteiger partial charge in [0.05, 0.1) is 31.7 Å². The first-order valence-electron chi connectivity index (χ1n) is 10.2. The van der Waals surface area contributed by atoms with Gasteiger partial charge in [0, 0.05) is 31.7 Å². The lowest BCUT2D eigenvalue weighted by Gasteiger charge is -2.14. The Bertz CT molecular complexity index is 1400. The van der Waals surface area contributed by atoms with Gasteiger partial charge in [-0.2, -0.15) is 0 Å². The Morgan fingerprint density at radius 3 is 2.82 bits per heavy atom. The maximum Gasteiger partial charge on any atom is 0.335 e. The first kappa shape index (κ1) is 21.8. The van der Waals surface area contributed by atoms with Crippen molar-refractivity contribution in [2.24, 2.45) is 7.05 Å². The second kappa shape index (κ2) is 8.95. The largest absolute Gasteiger partial charge is 0.478 e. The summed E-state index contributed by atoms with van der Waals surface area (Å²) >= 11 is 0. The number of benzene rings is 1. The summed E-state index contributed by atoms with van der Waals surface area (Å²) in [5, 5.41) is 13.8. The maximum atomic E-state index is 13.3. The molecule has 10 nitrogen and oxygen atoms in total. The number of nitrogens with one attached hydrogen (secondary N) is 3. The SMILES string of the molecule is C=CC(=C)Nc1cccc(Cn2cc(Nc3cn(C)nc3OC)c3ncc(NC)n3c2=O)c1. The zero-order valence-electron chi connectivity index (χ0n) is 18.8. The Kier molecular flexibility index (Phi) is 5.90. The molecule has 0 aliphatic heterocycles. The first-order chi connectivity index (χ1) is 15.9. The highest BCUT2D eigenvalue weighted by molar-refractivity contribution is 5.76. The van der Waals surface area contributed by atoms with Crippen LogP contribution in [0.5, 0.6) is 5.88 Å². The quantitative estimate of drug-likeness (QED) is 0.339. The van der Waals surface area contributed by atoms with Gasteiger partial charge in [-0.1, -0.05) is 25.3 Å². The number of methoxy groups -OCH3 is 1. The summed E-state index contributed by atoms with van der Waals surface area (Å²) in [7, 11) is 5.11. The molecule has 170 valence electrons. The Balaban J connectivity index is 1.78. The molecule has 0 bridgehead atoms. The van der Waals surface area contributed by atoms with E-state index in [0.717, 1.165) is 11.3 Å². The van der Waals surface area contributed by atoms with Gasteiger partial charge in [-0.15, -0.1) is 5.10 Å². The van der Waals surface area contributed by atoms with Crippen LogP contribution in [0.25, 0.3) is 5.65 Å². The second-order valence-electron chi connectivity index (χ2n) is 7.41. The molecule has 10 heteroatoms. The van der Waals surface area contributed by atoms with Gasteiger partial charge in [-0.3, -0.25) is 9.25 Å². The molecule has 4 aromatic rings. The molecular formula is C23H26N8O2. The van der Waals surface area contributed by atoms with E-state index in [0.29, 0.717) is 41.0 Å². The van der Waals surface area contributed by atoms with Crippen LogP contribution in [0, 0.1) is 0 Å². The third-order valence-electron chi connectivity index (χ3n) is 5.07. The third kappa shape index (κ3) is 4.31. The molecule has 0 saturated heterocycles. The van der Waals surface area contributed by atoms with Crippen LogP contribution >= 0.6 is 0 Å². The van der Waals surface area contributed by atoms with Gasteiger partial charge in [0.2, 0.25) is 0 Å². The highest BCUT2D eigenvalue weighted by Gasteiger charge is 2.16. The summed E-state index contributed by atoms with van der Waals surface area (Å²) in [5.41, 5.74) is 4.07. The topological polar surface area (TPSA) is 102 Å². The van der Waals surface area contributed by atoms with Gasteiger partial charge in [-0.05, 0) is 23.8 Å². The van der Waals surface area contributed by atoms with Gasteiger partial charge in [0.15, 0.2) is 5.65 Å². The van der Waals surface area contributed by atoms with E-state index < -0.39 is 0 Å². The zero-order chi connectivity index (χ0) is 23.5. The van der Waals surface area contributed by atoms with Gasteiger partial charge in [-0.25, -0.2) is 14.2 Å². The molecule has 0 atom stereocenters. The number of imidazole rings is 1. The lowest BCUT2D eigenvalue weighted by molar-refractivity contribution is 0.393. The third-order valence-corrected chi connectivity index (χ3v) is 5.07. The average Bonchev–Trinajstić information content (AvgIpc) is 3.40. The summed E-state index contributed by atoms with van der Waals surface area (Å²) in [4.78, 5) is 17.8. The highest BCUT2D eigenvalue weighted by Crippen LogP contribution is 2.28. The smallest absolute Gasteiger partial charge is 0.335 e. The fraction of sp³-hybridized carbons (Fsp3) is 0.174. The zero-order valence-corrected chi connectivity index (χ0v) is 18.8. The van der Waals surface area contributed by atoms with E-state index in [1.54, 1.807) is 55.1 Å². The number of rotatable bonds is 9. The minimum atomic E-state index is -0.218. The number of aryl methyl sites for hydroxylation is 1. The van der Waals surface area contributed by atoms with Gasteiger partial charge in [0.25, 0.3) is 5.88 Å². The van der Waals surface area contributed by atoms with Crippen LogP contribution in [-0.4, -0.2) is 37.9 Å². The standard InChI is InChI=1S/C23H26N8O2/c1-6-15(2)26-17-9-7-8-16(10-17)12-30-14-18(27-19-13-29(4)28-22(19)33-5)21-25-11-20(24-3)31(21)23(30)32/h6-11,13-14,24,26-27H,1-2,12H2,3-5H3. The molecule has 0 aliphatic rings. The molecule has 0 amide bonds. The Labute approximate surface area is 190 Å². The van der Waals surface area contributed by atoms with Crippen molar-refractivity contribution >= 4 is 28.5 Å². The lowest BCUT2D eigenvalue weighted by Crippen LogP contribution is -2.28. The lowest BCUT2D eigenvalue weighted by atomic mass is 10.2. The molecular weight excluding hydrogens is 420 g/mol. The molecule has 33 heavy (non-hydrogen) atoms. The van der Waals surface area contributed by atoms with E-state index in [9.17, 15) is 4.79 Å². The molecule has 0 radical (unpaired) electrons. The summed E-state index contributed by atoms with van der Waals surface area (Å²) in [6, 6.07) is 7.78. The second-order valence-corrected chi connectivity index (χ2v) is 7.41. The van der Waals surface area contributed by atoms with E-state index in [-0.39, 0.29) is 5.69 Å². The van der Waals surface area contributed by atoms with E-state index >= 15 is 0 Å². The molecule has 0 aliphatic carbocycles. The number of allylic oxidation sites excluding steroid dienone is 1. The predicted octanol–water partition coefficient (Wildman–Crippen LogP) is 3.18. The molecule has 3 aromatic heterocycles. The molecule has 3 N–H and O–H groups in total. The van der Waals surface area contributed by atoms with Gasteiger partial charge >= 0.3 is 5.69 Å². The number of fused-ring (bicyclic) bond motifs is 1. The predicted molar refractivity (Wildman–Crippen MR) is 131 cm³/mol. The van der Waals surface area contributed by atoms with Crippen LogP contribution in [0.1, 0.15) is 5.56 Å². The van der Waals surface area contributed by atoms with Crippen LogP contribution in [0.15, 0.2) is 72.6 Å². The minimum absolute atomic E-state index is 0.218. The van der Waals surface area contributed by atoms with Crippen molar-refractivity contribution in [2.45, 2.75) is 6.54 Å². The Morgan fingerprint density at radius 1 is 1.27 bits per heavy atom. The van der Waals surface area contributed by atoms with E-state index in [4.69, 9.17) is 4.74 Å². The van der Waals surface area contributed by atoms with Crippen LogP contribution in [0.2, 0.25) is 0 Å². The molecule has 0 unspecified atom stereocenters. The van der Waals surface area contributed by atoms with Crippen molar-refractivity contribution < 1.29 is 4.74 Å². The molecule has 3 heterocycles. The van der Waals surface area contributed by atoms with E-state index in [1.165, 1.54) is 4.40 Å². The summed E-state index contributed by atoms with van der Waals surface area (Å²) in [6.07, 6.45) is 6.82. The van der Waals surface area contributed by atoms with Crippen LogP contribution in [0.4, 0.5) is 22.9 Å². The van der Waals surface area contributed by atoms with E-state index in [1.807, 2.05) is 24.3 Å². The number of nitrogens with zero attached hydrogens (tertiary/aromatic N) is 5. The molecule has 0 saturated carbocycles. The summed E-state index contributed by atoms with van der Waals surface area (Å²) in [6.45, 7) is 7.95. The molecule has 4 rings (SSSR count). The number of ether oxygens (including phenoxy) is 1. The molecule has 0 fully saturated rings. The molecule has 0 spiro atoms. The summed E-state index contributed by atoms with van der Waals surface area (Å²) in [5.74, 6) is 1.03. The fourth-order valence-electron chi connectivity index (χ4n) is 3.54. The monoisotopic (exact) mass is 446 g/mol. The van der Waals surface area contributed by atoms with Crippen molar-refractivity contribution in [1.82, 2.24) is 23.7 Å². The van der Waals surface area contributed by atoms with Crippen LogP contribution < -0.4 is 26.4 Å². The minimum Gasteiger partial charge on any atom is -0.478 e. The van der Waals surface area contributed by atoms with Gasteiger partial charge in [0.1, 0.15) is 11.5 Å². The van der Waals surface area contributed by atoms with Crippen molar-refractivity contribution in [1.29, 1.82) is 0 Å².